The monoisotopic (exact) mass is 418 g/mol. The van der Waals surface area contributed by atoms with E-state index in [9.17, 15) is 8.42 Å². The molecule has 0 fully saturated rings. The van der Waals surface area contributed by atoms with Gasteiger partial charge in [-0.15, -0.1) is 0 Å². The number of allylic oxidation sites excluding steroid dienone is 1. The van der Waals surface area contributed by atoms with Gasteiger partial charge in [0.15, 0.2) is 9.84 Å². The fourth-order valence-corrected chi connectivity index (χ4v) is 4.89. The van der Waals surface area contributed by atoms with Gasteiger partial charge in [0, 0.05) is 17.6 Å². The van der Waals surface area contributed by atoms with Crippen molar-refractivity contribution in [2.45, 2.75) is 25.7 Å². The van der Waals surface area contributed by atoms with Crippen LogP contribution in [0, 0.1) is 5.41 Å². The number of hydrogen-bond donors (Lipinski definition) is 1. The standard InChI is InChI=1S/C21H23ClN2O3S/c1-21(2,3)14-28(25,26)18-6-4-5-17(12-18)27-20-8-7-15(11-19(20)22)24-16-9-10-23-13-16/h4-12,24H,13-14H2,1-3H3. The van der Waals surface area contributed by atoms with Gasteiger partial charge in [0.2, 0.25) is 0 Å². The average Bonchev–Trinajstić information content (AvgIpc) is 3.08. The van der Waals surface area contributed by atoms with Crippen molar-refractivity contribution >= 4 is 33.3 Å². The van der Waals surface area contributed by atoms with E-state index in [1.165, 1.54) is 6.07 Å². The molecule has 0 radical (unpaired) electrons. The Morgan fingerprint density at radius 1 is 1.18 bits per heavy atom. The number of nitrogens with one attached hydrogen (secondary N) is 1. The number of sulfone groups is 1. The van der Waals surface area contributed by atoms with Gasteiger partial charge >= 0.3 is 0 Å². The summed E-state index contributed by atoms with van der Waals surface area (Å²) in [5.74, 6) is 0.933. The van der Waals surface area contributed by atoms with Crippen molar-refractivity contribution in [3.63, 3.8) is 0 Å². The zero-order valence-electron chi connectivity index (χ0n) is 16.1. The highest BCUT2D eigenvalue weighted by atomic mass is 35.5. The van der Waals surface area contributed by atoms with Crippen LogP contribution in [0.3, 0.4) is 0 Å². The number of rotatable bonds is 6. The third-order valence-electron chi connectivity index (χ3n) is 3.89. The van der Waals surface area contributed by atoms with E-state index in [2.05, 4.69) is 10.3 Å². The molecule has 0 saturated heterocycles. The Kier molecular flexibility index (Phi) is 5.82. The number of ether oxygens (including phenoxy) is 1. The van der Waals surface area contributed by atoms with Crippen molar-refractivity contribution in [1.29, 1.82) is 0 Å². The van der Waals surface area contributed by atoms with Crippen LogP contribution in [-0.2, 0) is 9.84 Å². The number of benzene rings is 2. The molecule has 0 aromatic heterocycles. The summed E-state index contributed by atoms with van der Waals surface area (Å²) in [4.78, 5) is 4.36. The number of anilines is 1. The number of hydrogen-bond acceptors (Lipinski definition) is 5. The first-order chi connectivity index (χ1) is 13.1. The molecule has 5 nitrogen and oxygen atoms in total. The normalized spacial score (nSPS) is 14.1. The van der Waals surface area contributed by atoms with Gasteiger partial charge in [-0.1, -0.05) is 38.4 Å². The first-order valence-corrected chi connectivity index (χ1v) is 10.9. The molecular weight excluding hydrogens is 396 g/mol. The van der Waals surface area contributed by atoms with Crippen LogP contribution in [0.4, 0.5) is 5.69 Å². The van der Waals surface area contributed by atoms with E-state index in [1.807, 2.05) is 32.9 Å². The van der Waals surface area contributed by atoms with Crippen LogP contribution >= 0.6 is 11.6 Å². The summed E-state index contributed by atoms with van der Waals surface area (Å²) < 4.78 is 31.1. The maximum Gasteiger partial charge on any atom is 0.179 e. The Hall–Kier alpha value is -2.31. The zero-order chi connectivity index (χ0) is 20.4. The van der Waals surface area contributed by atoms with Crippen molar-refractivity contribution in [1.82, 2.24) is 0 Å². The zero-order valence-corrected chi connectivity index (χ0v) is 17.6. The highest BCUT2D eigenvalue weighted by Gasteiger charge is 2.24. The molecule has 0 unspecified atom stereocenters. The minimum Gasteiger partial charge on any atom is -0.456 e. The summed E-state index contributed by atoms with van der Waals surface area (Å²) in [5, 5.41) is 3.66. The molecule has 1 aliphatic rings. The Morgan fingerprint density at radius 2 is 1.96 bits per heavy atom. The van der Waals surface area contributed by atoms with Crippen LogP contribution in [-0.4, -0.2) is 26.9 Å². The topological polar surface area (TPSA) is 67.8 Å². The summed E-state index contributed by atoms with van der Waals surface area (Å²) >= 11 is 6.35. The van der Waals surface area contributed by atoms with Gasteiger partial charge in [0.05, 0.1) is 22.2 Å². The molecule has 28 heavy (non-hydrogen) atoms. The maximum absolute atomic E-state index is 12.6. The second-order valence-electron chi connectivity index (χ2n) is 7.85. The molecule has 0 amide bonds. The fourth-order valence-electron chi connectivity index (χ4n) is 2.79. The number of aliphatic imine (C=N–C) groups is 1. The summed E-state index contributed by atoms with van der Waals surface area (Å²) in [7, 11) is -3.40. The lowest BCUT2D eigenvalue weighted by Gasteiger charge is -2.18. The lowest BCUT2D eigenvalue weighted by molar-refractivity contribution is 0.460. The molecule has 1 heterocycles. The Balaban J connectivity index is 1.77. The van der Waals surface area contributed by atoms with Gasteiger partial charge in [-0.05, 0) is 47.9 Å². The SMILES string of the molecule is CC(C)(C)CS(=O)(=O)c1cccc(Oc2ccc(NC3=CC=NC3)cc2Cl)c1. The third-order valence-corrected chi connectivity index (χ3v) is 6.41. The molecule has 148 valence electrons. The van der Waals surface area contributed by atoms with Crippen molar-refractivity contribution in [2.75, 3.05) is 17.6 Å². The molecule has 0 spiro atoms. The van der Waals surface area contributed by atoms with E-state index in [1.54, 1.807) is 36.5 Å². The van der Waals surface area contributed by atoms with Gasteiger partial charge in [0.25, 0.3) is 0 Å². The van der Waals surface area contributed by atoms with Crippen LogP contribution in [0.5, 0.6) is 11.5 Å². The Bertz CT molecular complexity index is 1040. The molecule has 2 aromatic carbocycles. The molecule has 2 aromatic rings. The summed E-state index contributed by atoms with van der Waals surface area (Å²) in [6.45, 7) is 6.31. The first-order valence-electron chi connectivity index (χ1n) is 8.89. The van der Waals surface area contributed by atoms with Gasteiger partial charge in [-0.3, -0.25) is 4.99 Å². The third kappa shape index (κ3) is 5.36. The van der Waals surface area contributed by atoms with E-state index in [0.717, 1.165) is 11.4 Å². The Morgan fingerprint density at radius 3 is 2.61 bits per heavy atom. The van der Waals surface area contributed by atoms with Gasteiger partial charge in [-0.2, -0.15) is 0 Å². The van der Waals surface area contributed by atoms with Crippen molar-refractivity contribution in [3.05, 3.63) is 59.3 Å². The second kappa shape index (κ2) is 7.97. The molecule has 0 atom stereocenters. The first kappa shape index (κ1) is 20.4. The van der Waals surface area contributed by atoms with Crippen LogP contribution in [0.2, 0.25) is 5.02 Å². The molecule has 0 aliphatic carbocycles. The average molecular weight is 419 g/mol. The van der Waals surface area contributed by atoms with Crippen LogP contribution in [0.15, 0.2) is 64.1 Å². The van der Waals surface area contributed by atoms with Crippen LogP contribution < -0.4 is 10.1 Å². The largest absolute Gasteiger partial charge is 0.456 e. The lowest BCUT2D eigenvalue weighted by Crippen LogP contribution is -2.20. The quantitative estimate of drug-likeness (QED) is 0.688. The molecule has 0 saturated carbocycles. The van der Waals surface area contributed by atoms with Gasteiger partial charge < -0.3 is 10.1 Å². The minimum atomic E-state index is -3.40. The summed E-state index contributed by atoms with van der Waals surface area (Å²) in [6, 6.07) is 11.8. The van der Waals surface area contributed by atoms with E-state index >= 15 is 0 Å². The van der Waals surface area contributed by atoms with E-state index in [4.69, 9.17) is 16.3 Å². The van der Waals surface area contributed by atoms with Crippen molar-refractivity contribution in [2.24, 2.45) is 10.4 Å². The fraction of sp³-hybridized carbons (Fsp3) is 0.286. The lowest BCUT2D eigenvalue weighted by atomic mass is 10.0. The highest BCUT2D eigenvalue weighted by molar-refractivity contribution is 7.91. The number of halogens is 1. The molecular formula is C21H23ClN2O3S. The minimum absolute atomic E-state index is 0.0597. The van der Waals surface area contributed by atoms with Gasteiger partial charge in [0.1, 0.15) is 11.5 Å². The predicted octanol–water partition coefficient (Wildman–Crippen LogP) is 5.33. The van der Waals surface area contributed by atoms with E-state index < -0.39 is 9.84 Å². The predicted molar refractivity (Wildman–Crippen MR) is 115 cm³/mol. The molecule has 0 bridgehead atoms. The number of nitrogens with zero attached hydrogens (tertiary/aromatic N) is 1. The maximum atomic E-state index is 12.6. The second-order valence-corrected chi connectivity index (χ2v) is 10.2. The highest BCUT2D eigenvalue weighted by Crippen LogP contribution is 2.33. The molecule has 1 N–H and O–H groups in total. The van der Waals surface area contributed by atoms with Gasteiger partial charge in [-0.25, -0.2) is 8.42 Å². The molecule has 1 aliphatic heterocycles. The molecule has 3 rings (SSSR count). The molecule has 7 heteroatoms. The van der Waals surface area contributed by atoms with Crippen molar-refractivity contribution < 1.29 is 13.2 Å². The van der Waals surface area contributed by atoms with E-state index in [-0.39, 0.29) is 16.1 Å². The smallest absolute Gasteiger partial charge is 0.179 e. The van der Waals surface area contributed by atoms with Crippen molar-refractivity contribution in [3.8, 4) is 11.5 Å². The van der Waals surface area contributed by atoms with Crippen LogP contribution in [0.1, 0.15) is 20.8 Å². The summed E-state index contributed by atoms with van der Waals surface area (Å²) in [6.07, 6.45) is 3.66. The summed E-state index contributed by atoms with van der Waals surface area (Å²) in [5.41, 5.74) is 1.49. The van der Waals surface area contributed by atoms with E-state index in [0.29, 0.717) is 23.1 Å². The van der Waals surface area contributed by atoms with Crippen LogP contribution in [0.25, 0.3) is 0 Å². The Labute approximate surface area is 171 Å².